The van der Waals surface area contributed by atoms with Crippen molar-refractivity contribution < 1.29 is 26.4 Å². The molecule has 3 aromatic rings. The molecule has 0 atom stereocenters. The zero-order chi connectivity index (χ0) is 18.2. The summed E-state index contributed by atoms with van der Waals surface area (Å²) in [4.78, 5) is 10.8. The molecule has 8 heteroatoms. The monoisotopic (exact) mass is 366 g/mol. The second kappa shape index (κ2) is 6.29. The Balaban J connectivity index is 2.25. The van der Waals surface area contributed by atoms with Gasteiger partial charge in [0.2, 0.25) is 9.84 Å². The molecule has 0 fully saturated rings. The number of rotatable bonds is 4. The minimum Gasteiger partial charge on any atom is -0.490 e. The van der Waals surface area contributed by atoms with Crippen LogP contribution < -0.4 is 10.4 Å². The van der Waals surface area contributed by atoms with Crippen LogP contribution in [0.25, 0.3) is 11.0 Å². The molecule has 130 valence electrons. The molecule has 0 unspecified atom stereocenters. The second-order valence-corrected chi connectivity index (χ2v) is 7.03. The molecule has 5 nitrogen and oxygen atoms in total. The standard InChI is InChI=1S/C17H12F2O5S/c1-2-23-14-5-3-4-10-6-15(17(20)24-16(10)14)25(21,22)13-8-11(18)7-12(19)9-13/h3-9H,2H2,1H3. The van der Waals surface area contributed by atoms with Gasteiger partial charge in [-0.2, -0.15) is 0 Å². The van der Waals surface area contributed by atoms with Crippen LogP contribution in [0.2, 0.25) is 0 Å². The highest BCUT2D eigenvalue weighted by Crippen LogP contribution is 2.28. The number of ether oxygens (including phenoxy) is 1. The Morgan fingerprint density at radius 1 is 1.08 bits per heavy atom. The van der Waals surface area contributed by atoms with E-state index < -0.39 is 36.9 Å². The van der Waals surface area contributed by atoms with Gasteiger partial charge >= 0.3 is 5.63 Å². The summed E-state index contributed by atoms with van der Waals surface area (Å²) in [6.45, 7) is 2.07. The first-order chi connectivity index (χ1) is 11.8. The number of sulfone groups is 1. The fraction of sp³-hybridized carbons (Fsp3) is 0.118. The van der Waals surface area contributed by atoms with Gasteiger partial charge in [0.15, 0.2) is 16.2 Å². The molecule has 0 bridgehead atoms. The van der Waals surface area contributed by atoms with Crippen LogP contribution in [0.3, 0.4) is 0 Å². The Bertz CT molecular complexity index is 1100. The molecule has 0 N–H and O–H groups in total. The maximum absolute atomic E-state index is 13.3. The van der Waals surface area contributed by atoms with Gasteiger partial charge in [-0.15, -0.1) is 0 Å². The number of halogens is 2. The molecule has 1 aromatic heterocycles. The van der Waals surface area contributed by atoms with Crippen molar-refractivity contribution in [2.24, 2.45) is 0 Å². The number of hydrogen-bond donors (Lipinski definition) is 0. The normalized spacial score (nSPS) is 11.6. The highest BCUT2D eigenvalue weighted by Gasteiger charge is 2.25. The lowest BCUT2D eigenvalue weighted by molar-refractivity contribution is 0.336. The Morgan fingerprint density at radius 2 is 1.76 bits per heavy atom. The van der Waals surface area contributed by atoms with E-state index in [0.717, 1.165) is 6.07 Å². The van der Waals surface area contributed by atoms with Crippen LogP contribution in [0.5, 0.6) is 5.75 Å². The minimum atomic E-state index is -4.46. The van der Waals surface area contributed by atoms with Gasteiger partial charge < -0.3 is 9.15 Å². The van der Waals surface area contributed by atoms with Gasteiger partial charge in [0.05, 0.1) is 11.5 Å². The first-order valence-electron chi connectivity index (χ1n) is 7.24. The van der Waals surface area contributed by atoms with E-state index in [1.54, 1.807) is 19.1 Å². The fourth-order valence-electron chi connectivity index (χ4n) is 2.37. The van der Waals surface area contributed by atoms with Crippen LogP contribution in [0.15, 0.2) is 61.5 Å². The van der Waals surface area contributed by atoms with Crippen molar-refractivity contribution in [2.45, 2.75) is 16.7 Å². The van der Waals surface area contributed by atoms with E-state index in [4.69, 9.17) is 9.15 Å². The van der Waals surface area contributed by atoms with Crippen molar-refractivity contribution in [2.75, 3.05) is 6.61 Å². The van der Waals surface area contributed by atoms with E-state index >= 15 is 0 Å². The number of benzene rings is 2. The smallest absolute Gasteiger partial charge is 0.355 e. The predicted octanol–water partition coefficient (Wildman–Crippen LogP) is 3.30. The molecule has 1 heterocycles. The van der Waals surface area contributed by atoms with Gasteiger partial charge in [-0.05, 0) is 31.2 Å². The summed E-state index contributed by atoms with van der Waals surface area (Å²) in [5, 5.41) is 0.306. The summed E-state index contributed by atoms with van der Waals surface area (Å²) in [5.74, 6) is -1.84. The highest BCUT2D eigenvalue weighted by molar-refractivity contribution is 7.91. The fourth-order valence-corrected chi connectivity index (χ4v) is 3.70. The van der Waals surface area contributed by atoms with Crippen molar-refractivity contribution in [1.29, 1.82) is 0 Å². The third-order valence-corrected chi connectivity index (χ3v) is 5.15. The Labute approximate surface area is 141 Å². The van der Waals surface area contributed by atoms with E-state index in [-0.39, 0.29) is 11.3 Å². The molecule has 0 aliphatic heterocycles. The van der Waals surface area contributed by atoms with Crippen LogP contribution in [0.4, 0.5) is 8.78 Å². The number of hydrogen-bond acceptors (Lipinski definition) is 5. The summed E-state index contributed by atoms with van der Waals surface area (Å²) in [6.07, 6.45) is 0. The molecule has 2 aromatic carbocycles. The molecule has 0 spiro atoms. The summed E-state index contributed by atoms with van der Waals surface area (Å²) in [5.41, 5.74) is -1.05. The second-order valence-electron chi connectivity index (χ2n) is 5.11. The average Bonchev–Trinajstić information content (AvgIpc) is 2.54. The van der Waals surface area contributed by atoms with Crippen LogP contribution >= 0.6 is 0 Å². The predicted molar refractivity (Wildman–Crippen MR) is 85.5 cm³/mol. The van der Waals surface area contributed by atoms with Crippen LogP contribution in [-0.2, 0) is 9.84 Å². The van der Waals surface area contributed by atoms with Gasteiger partial charge in [0, 0.05) is 11.5 Å². The molecule has 0 aliphatic rings. The largest absolute Gasteiger partial charge is 0.490 e. The molecule has 0 aliphatic carbocycles. The van der Waals surface area contributed by atoms with Crippen LogP contribution in [0.1, 0.15) is 6.92 Å². The zero-order valence-electron chi connectivity index (χ0n) is 13.0. The third-order valence-electron chi connectivity index (χ3n) is 3.43. The van der Waals surface area contributed by atoms with Gasteiger partial charge in [-0.25, -0.2) is 22.0 Å². The molecule has 0 radical (unpaired) electrons. The van der Waals surface area contributed by atoms with Crippen LogP contribution in [0, 0.1) is 11.6 Å². The Hall–Kier alpha value is -2.74. The topological polar surface area (TPSA) is 73.6 Å². The zero-order valence-corrected chi connectivity index (χ0v) is 13.8. The van der Waals surface area contributed by atoms with Gasteiger partial charge in [-0.3, -0.25) is 0 Å². The van der Waals surface area contributed by atoms with E-state index in [1.807, 2.05) is 0 Å². The summed E-state index contributed by atoms with van der Waals surface area (Å²) in [6, 6.07) is 7.62. The third kappa shape index (κ3) is 3.12. The Morgan fingerprint density at radius 3 is 2.40 bits per heavy atom. The summed E-state index contributed by atoms with van der Waals surface area (Å²) in [7, 11) is -4.46. The van der Waals surface area contributed by atoms with Gasteiger partial charge in [-0.1, -0.05) is 12.1 Å². The molecule has 0 saturated carbocycles. The number of fused-ring (bicyclic) bond motifs is 1. The minimum absolute atomic E-state index is 0.0960. The van der Waals surface area contributed by atoms with E-state index in [2.05, 4.69) is 0 Å². The van der Waals surface area contributed by atoms with E-state index in [0.29, 0.717) is 30.2 Å². The van der Waals surface area contributed by atoms with Crippen LogP contribution in [-0.4, -0.2) is 15.0 Å². The maximum Gasteiger partial charge on any atom is 0.355 e. The molecular weight excluding hydrogens is 354 g/mol. The van der Waals surface area contributed by atoms with Crippen molar-refractivity contribution in [3.8, 4) is 5.75 Å². The van der Waals surface area contributed by atoms with Gasteiger partial charge in [0.25, 0.3) is 0 Å². The molecule has 25 heavy (non-hydrogen) atoms. The quantitative estimate of drug-likeness (QED) is 0.663. The van der Waals surface area contributed by atoms with E-state index in [9.17, 15) is 22.0 Å². The van der Waals surface area contributed by atoms with Crippen molar-refractivity contribution >= 4 is 20.8 Å². The van der Waals surface area contributed by atoms with E-state index in [1.165, 1.54) is 6.07 Å². The summed E-state index contributed by atoms with van der Waals surface area (Å²) >= 11 is 0. The lowest BCUT2D eigenvalue weighted by Gasteiger charge is -2.08. The van der Waals surface area contributed by atoms with Crippen molar-refractivity contribution in [1.82, 2.24) is 0 Å². The highest BCUT2D eigenvalue weighted by atomic mass is 32.2. The first-order valence-corrected chi connectivity index (χ1v) is 8.72. The molecular formula is C17H12F2O5S. The maximum atomic E-state index is 13.3. The van der Waals surface area contributed by atoms with Gasteiger partial charge in [0.1, 0.15) is 11.6 Å². The lowest BCUT2D eigenvalue weighted by atomic mass is 10.2. The SMILES string of the molecule is CCOc1cccc2cc(S(=O)(=O)c3cc(F)cc(F)c3)c(=O)oc12. The Kier molecular flexibility index (Phi) is 4.30. The first kappa shape index (κ1) is 17.1. The molecule has 0 amide bonds. The van der Waals surface area contributed by atoms with Crippen molar-refractivity contribution in [3.63, 3.8) is 0 Å². The lowest BCUT2D eigenvalue weighted by Crippen LogP contribution is -2.15. The number of para-hydroxylation sites is 1. The molecule has 0 saturated heterocycles. The average molecular weight is 366 g/mol. The summed E-state index contributed by atoms with van der Waals surface area (Å²) < 4.78 is 62.3. The molecule has 3 rings (SSSR count). The van der Waals surface area contributed by atoms with Crippen molar-refractivity contribution in [3.05, 3.63) is 64.5 Å².